The first-order valence-corrected chi connectivity index (χ1v) is 4.76. The van der Waals surface area contributed by atoms with Gasteiger partial charge in [0.1, 0.15) is 0 Å². The van der Waals surface area contributed by atoms with Crippen molar-refractivity contribution in [3.05, 3.63) is 12.4 Å². The van der Waals surface area contributed by atoms with Crippen molar-refractivity contribution in [3.8, 4) is 0 Å². The van der Waals surface area contributed by atoms with Crippen LogP contribution in [0.1, 0.15) is 12.8 Å². The van der Waals surface area contributed by atoms with Gasteiger partial charge in [-0.05, 0) is 12.8 Å². The Morgan fingerprint density at radius 3 is 2.57 bits per heavy atom. The van der Waals surface area contributed by atoms with Crippen LogP contribution in [-0.4, -0.2) is 34.3 Å². The van der Waals surface area contributed by atoms with E-state index in [2.05, 4.69) is 9.97 Å². The molecule has 14 heavy (non-hydrogen) atoms. The minimum atomic E-state index is 0.129. The van der Waals surface area contributed by atoms with E-state index in [9.17, 15) is 0 Å². The molecule has 0 unspecified atom stereocenters. The van der Waals surface area contributed by atoms with Crippen molar-refractivity contribution >= 4 is 11.6 Å². The zero-order chi connectivity index (χ0) is 9.97. The molecular weight excluding hydrogens is 180 g/mol. The summed E-state index contributed by atoms with van der Waals surface area (Å²) in [6.45, 7) is 0.721. The molecule has 0 radical (unpaired) electrons. The normalized spacial score (nSPS) is 15.5. The van der Waals surface area contributed by atoms with Crippen LogP contribution in [0.25, 0.3) is 0 Å². The lowest BCUT2D eigenvalue weighted by molar-refractivity contribution is 0.300. The molecule has 0 saturated heterocycles. The van der Waals surface area contributed by atoms with E-state index >= 15 is 0 Å². The monoisotopic (exact) mass is 194 g/mol. The first kappa shape index (κ1) is 9.21. The fourth-order valence-corrected chi connectivity index (χ4v) is 1.42. The second kappa shape index (κ2) is 3.79. The van der Waals surface area contributed by atoms with E-state index in [1.165, 1.54) is 0 Å². The fourth-order valence-electron chi connectivity index (χ4n) is 1.42. The van der Waals surface area contributed by atoms with Crippen molar-refractivity contribution in [2.45, 2.75) is 18.9 Å². The highest BCUT2D eigenvalue weighted by Crippen LogP contribution is 2.29. The zero-order valence-electron chi connectivity index (χ0n) is 7.93. The molecule has 1 aromatic rings. The highest BCUT2D eigenvalue weighted by molar-refractivity contribution is 5.39. The molecule has 1 fully saturated rings. The van der Waals surface area contributed by atoms with Crippen LogP contribution < -0.4 is 10.6 Å². The second-order valence-electron chi connectivity index (χ2n) is 3.46. The molecular formula is C9H14N4O. The molecule has 0 spiro atoms. The van der Waals surface area contributed by atoms with E-state index in [0.717, 1.165) is 12.8 Å². The van der Waals surface area contributed by atoms with Crippen LogP contribution in [0.5, 0.6) is 0 Å². The SMILES string of the molecule is Nc1cnc(N(CCO)C2CC2)nc1. The van der Waals surface area contributed by atoms with E-state index in [1.807, 2.05) is 4.90 Å². The second-order valence-corrected chi connectivity index (χ2v) is 3.46. The topological polar surface area (TPSA) is 75.3 Å². The predicted molar refractivity (Wildman–Crippen MR) is 53.9 cm³/mol. The molecule has 1 saturated carbocycles. The molecule has 5 heteroatoms. The van der Waals surface area contributed by atoms with Crippen LogP contribution in [0.2, 0.25) is 0 Å². The van der Waals surface area contributed by atoms with E-state index < -0.39 is 0 Å². The molecule has 1 aliphatic carbocycles. The number of nitrogens with two attached hydrogens (primary N) is 1. The number of hydrogen-bond donors (Lipinski definition) is 2. The van der Waals surface area contributed by atoms with Crippen LogP contribution in [0.4, 0.5) is 11.6 Å². The number of aliphatic hydroxyl groups is 1. The summed E-state index contributed by atoms with van der Waals surface area (Å²) in [5.74, 6) is 0.663. The van der Waals surface area contributed by atoms with Crippen molar-refractivity contribution in [2.24, 2.45) is 0 Å². The fraction of sp³-hybridized carbons (Fsp3) is 0.556. The molecule has 0 bridgehead atoms. The minimum absolute atomic E-state index is 0.129. The van der Waals surface area contributed by atoms with E-state index in [0.29, 0.717) is 24.2 Å². The number of rotatable bonds is 4. The first-order chi connectivity index (χ1) is 6.81. The summed E-state index contributed by atoms with van der Waals surface area (Å²) in [6, 6.07) is 0.505. The predicted octanol–water partition coefficient (Wildman–Crippen LogP) is 0.0199. The Bertz CT molecular complexity index is 296. The van der Waals surface area contributed by atoms with Gasteiger partial charge in [0, 0.05) is 12.6 Å². The summed E-state index contributed by atoms with van der Waals surface area (Å²) in [5, 5.41) is 8.91. The van der Waals surface area contributed by atoms with Crippen LogP contribution in [-0.2, 0) is 0 Å². The maximum absolute atomic E-state index is 8.91. The van der Waals surface area contributed by atoms with Gasteiger partial charge in [0.05, 0.1) is 24.7 Å². The largest absolute Gasteiger partial charge is 0.396 e. The Morgan fingerprint density at radius 1 is 1.43 bits per heavy atom. The average Bonchev–Trinajstić information content (AvgIpc) is 2.99. The van der Waals surface area contributed by atoms with Gasteiger partial charge in [0.25, 0.3) is 0 Å². The lowest BCUT2D eigenvalue weighted by atomic mass is 10.5. The molecule has 0 amide bonds. The molecule has 76 valence electrons. The zero-order valence-corrected chi connectivity index (χ0v) is 7.93. The van der Waals surface area contributed by atoms with Gasteiger partial charge in [0.15, 0.2) is 0 Å². The van der Waals surface area contributed by atoms with Gasteiger partial charge in [-0.2, -0.15) is 0 Å². The first-order valence-electron chi connectivity index (χ1n) is 4.76. The Morgan fingerprint density at radius 2 is 2.07 bits per heavy atom. The summed E-state index contributed by atoms with van der Waals surface area (Å²) >= 11 is 0. The van der Waals surface area contributed by atoms with Crippen molar-refractivity contribution < 1.29 is 5.11 Å². The summed E-state index contributed by atoms with van der Waals surface area (Å²) in [5.41, 5.74) is 6.06. The number of nitrogen functional groups attached to an aromatic ring is 1. The third kappa shape index (κ3) is 1.93. The van der Waals surface area contributed by atoms with Gasteiger partial charge in [0.2, 0.25) is 5.95 Å². The van der Waals surface area contributed by atoms with Crippen molar-refractivity contribution in [1.29, 1.82) is 0 Å². The molecule has 0 aliphatic heterocycles. The smallest absolute Gasteiger partial charge is 0.225 e. The maximum Gasteiger partial charge on any atom is 0.225 e. The summed E-state index contributed by atoms with van der Waals surface area (Å²) < 4.78 is 0. The molecule has 1 aromatic heterocycles. The van der Waals surface area contributed by atoms with Gasteiger partial charge in [-0.3, -0.25) is 0 Å². The third-order valence-electron chi connectivity index (χ3n) is 2.24. The van der Waals surface area contributed by atoms with Gasteiger partial charge in [-0.1, -0.05) is 0 Å². The van der Waals surface area contributed by atoms with Gasteiger partial charge >= 0.3 is 0 Å². The van der Waals surface area contributed by atoms with Crippen LogP contribution in [0, 0.1) is 0 Å². The molecule has 5 nitrogen and oxygen atoms in total. The van der Waals surface area contributed by atoms with Gasteiger partial charge < -0.3 is 15.7 Å². The number of nitrogens with zero attached hydrogens (tertiary/aromatic N) is 3. The Balaban J connectivity index is 2.13. The molecule has 3 N–H and O–H groups in total. The maximum atomic E-state index is 8.91. The standard InChI is InChI=1S/C9H14N4O/c10-7-5-11-9(12-6-7)13(3-4-14)8-1-2-8/h5-6,8,14H,1-4,10H2. The highest BCUT2D eigenvalue weighted by atomic mass is 16.3. The van der Waals surface area contributed by atoms with E-state index in [4.69, 9.17) is 10.8 Å². The summed E-state index contributed by atoms with van der Waals surface area (Å²) in [6.07, 6.45) is 5.51. The lowest BCUT2D eigenvalue weighted by Gasteiger charge is -2.20. The van der Waals surface area contributed by atoms with Crippen molar-refractivity contribution in [1.82, 2.24) is 9.97 Å². The summed E-state index contributed by atoms with van der Waals surface area (Å²) in [4.78, 5) is 10.3. The molecule has 0 atom stereocenters. The number of aromatic nitrogens is 2. The third-order valence-corrected chi connectivity index (χ3v) is 2.24. The number of aliphatic hydroxyl groups excluding tert-OH is 1. The lowest BCUT2D eigenvalue weighted by Crippen LogP contribution is -2.30. The van der Waals surface area contributed by atoms with Crippen LogP contribution >= 0.6 is 0 Å². The Kier molecular flexibility index (Phi) is 2.49. The molecule has 1 aliphatic rings. The Labute approximate surface area is 82.6 Å². The highest BCUT2D eigenvalue weighted by Gasteiger charge is 2.30. The number of anilines is 2. The summed E-state index contributed by atoms with van der Waals surface area (Å²) in [7, 11) is 0. The van der Waals surface area contributed by atoms with Crippen molar-refractivity contribution in [3.63, 3.8) is 0 Å². The van der Waals surface area contributed by atoms with E-state index in [-0.39, 0.29) is 6.61 Å². The average molecular weight is 194 g/mol. The van der Waals surface area contributed by atoms with Crippen LogP contribution in [0.3, 0.4) is 0 Å². The van der Waals surface area contributed by atoms with E-state index in [1.54, 1.807) is 12.4 Å². The van der Waals surface area contributed by atoms with Crippen LogP contribution in [0.15, 0.2) is 12.4 Å². The number of hydrogen-bond acceptors (Lipinski definition) is 5. The quantitative estimate of drug-likeness (QED) is 0.706. The minimum Gasteiger partial charge on any atom is -0.396 e. The van der Waals surface area contributed by atoms with Gasteiger partial charge in [-0.15, -0.1) is 0 Å². The van der Waals surface area contributed by atoms with Crippen molar-refractivity contribution in [2.75, 3.05) is 23.8 Å². The molecule has 2 rings (SSSR count). The Hall–Kier alpha value is -1.36. The molecule has 1 heterocycles. The molecule has 0 aromatic carbocycles. The van der Waals surface area contributed by atoms with Gasteiger partial charge in [-0.25, -0.2) is 9.97 Å².